The van der Waals surface area contributed by atoms with E-state index in [4.69, 9.17) is 46.4 Å². The number of fused-ring (bicyclic) bond motifs is 4. The molecule has 0 atom stereocenters. The Morgan fingerprint density at radius 2 is 0.724 bits per heavy atom. The van der Waals surface area contributed by atoms with E-state index < -0.39 is 0 Å². The summed E-state index contributed by atoms with van der Waals surface area (Å²) in [4.78, 5) is 23.4. The van der Waals surface area contributed by atoms with E-state index >= 15 is 0 Å². The first-order chi connectivity index (χ1) is 28.4. The van der Waals surface area contributed by atoms with Crippen molar-refractivity contribution in [1.82, 2.24) is 29.7 Å². The molecule has 2 N–H and O–H groups in total. The lowest BCUT2D eigenvalue weighted by molar-refractivity contribution is 0.214. The van der Waals surface area contributed by atoms with Gasteiger partial charge in [-0.15, -0.1) is 0 Å². The number of nitrogens with one attached hydrogen (secondary N) is 2. The van der Waals surface area contributed by atoms with E-state index in [1.807, 2.05) is 97.6 Å². The number of nitrogens with zero attached hydrogens (tertiary/aromatic N) is 6. The van der Waals surface area contributed by atoms with E-state index in [9.17, 15) is 0 Å². The van der Waals surface area contributed by atoms with Crippen LogP contribution in [0.25, 0.3) is 43.6 Å². The van der Waals surface area contributed by atoms with Crippen LogP contribution in [-0.4, -0.2) is 82.1 Å². The zero-order valence-corrected chi connectivity index (χ0v) is 34.8. The molecule has 294 valence electrons. The number of anilines is 2. The Morgan fingerprint density at radius 3 is 1.12 bits per heavy atom. The van der Waals surface area contributed by atoms with Crippen molar-refractivity contribution >= 4 is 101 Å². The van der Waals surface area contributed by atoms with Crippen LogP contribution in [0.3, 0.4) is 0 Å². The van der Waals surface area contributed by atoms with Gasteiger partial charge < -0.3 is 10.6 Å². The first-order valence-electron chi connectivity index (χ1n) is 19.4. The monoisotopic (exact) mass is 846 g/mol. The fraction of sp³-hybridized carbons (Fsp3) is 0.217. The highest BCUT2D eigenvalue weighted by Gasteiger charge is 2.14. The molecule has 0 bridgehead atoms. The highest BCUT2D eigenvalue weighted by Crippen LogP contribution is 2.27. The first kappa shape index (κ1) is 40.0. The zero-order valence-electron chi connectivity index (χ0n) is 31.8. The normalized spacial score (nSPS) is 11.8. The maximum Gasteiger partial charge on any atom is 0.0737 e. The number of hydrogen-bond acceptors (Lipinski definition) is 8. The molecule has 0 amide bonds. The summed E-state index contributed by atoms with van der Waals surface area (Å²) < 4.78 is 0. The highest BCUT2D eigenvalue weighted by atomic mass is 35.5. The molecule has 0 aliphatic heterocycles. The molecule has 0 aliphatic carbocycles. The summed E-state index contributed by atoms with van der Waals surface area (Å²) in [5, 5.41) is 14.5. The quantitative estimate of drug-likeness (QED) is 0.0938. The molecular formula is C46H42Cl4N8. The maximum atomic E-state index is 6.33. The Balaban J connectivity index is 1.00. The molecular weight excluding hydrogens is 806 g/mol. The molecule has 8 rings (SSSR count). The van der Waals surface area contributed by atoms with Gasteiger partial charge in [0.05, 0.1) is 22.1 Å². The molecule has 4 heterocycles. The van der Waals surface area contributed by atoms with Gasteiger partial charge in [-0.25, -0.2) is 0 Å². The topological polar surface area (TPSA) is 82.1 Å². The van der Waals surface area contributed by atoms with E-state index in [0.29, 0.717) is 20.1 Å². The molecule has 0 fully saturated rings. The van der Waals surface area contributed by atoms with Crippen LogP contribution in [0, 0.1) is 0 Å². The van der Waals surface area contributed by atoms with Gasteiger partial charge in [-0.2, -0.15) is 0 Å². The highest BCUT2D eigenvalue weighted by molar-refractivity contribution is 6.32. The number of benzene rings is 4. The summed E-state index contributed by atoms with van der Waals surface area (Å²) >= 11 is 25.2. The summed E-state index contributed by atoms with van der Waals surface area (Å²) in [6.07, 6.45) is 9.18. The summed E-state index contributed by atoms with van der Waals surface area (Å²) in [5.41, 5.74) is 8.18. The predicted octanol–water partition coefficient (Wildman–Crippen LogP) is 11.1. The van der Waals surface area contributed by atoms with Crippen molar-refractivity contribution in [2.24, 2.45) is 0 Å². The van der Waals surface area contributed by atoms with Gasteiger partial charge in [0.2, 0.25) is 0 Å². The zero-order chi connectivity index (χ0) is 39.8. The van der Waals surface area contributed by atoms with Crippen LogP contribution in [0.4, 0.5) is 11.4 Å². The largest absolute Gasteiger partial charge is 0.383 e. The van der Waals surface area contributed by atoms with E-state index in [-0.39, 0.29) is 0 Å². The van der Waals surface area contributed by atoms with Crippen LogP contribution >= 0.6 is 46.4 Å². The molecule has 0 radical (unpaired) electrons. The third-order valence-corrected chi connectivity index (χ3v) is 11.6. The summed E-state index contributed by atoms with van der Waals surface area (Å²) in [6.45, 7) is 6.74. The van der Waals surface area contributed by atoms with Gasteiger partial charge in [0, 0.05) is 130 Å². The molecule has 8 nitrogen and oxygen atoms in total. The fourth-order valence-corrected chi connectivity index (χ4v) is 8.22. The van der Waals surface area contributed by atoms with Crippen LogP contribution in [0.5, 0.6) is 0 Å². The number of pyridine rings is 4. The molecule has 0 unspecified atom stereocenters. The smallest absolute Gasteiger partial charge is 0.0737 e. The van der Waals surface area contributed by atoms with Crippen LogP contribution in [0.1, 0.15) is 11.1 Å². The molecule has 0 saturated heterocycles. The second-order valence-electron chi connectivity index (χ2n) is 14.3. The summed E-state index contributed by atoms with van der Waals surface area (Å²) in [6, 6.07) is 31.9. The molecule has 0 saturated carbocycles. The van der Waals surface area contributed by atoms with Crippen molar-refractivity contribution in [1.29, 1.82) is 0 Å². The number of aromatic nitrogens is 4. The Kier molecular flexibility index (Phi) is 13.0. The molecule has 58 heavy (non-hydrogen) atoms. The van der Waals surface area contributed by atoms with Gasteiger partial charge in [0.1, 0.15) is 0 Å². The minimum Gasteiger partial charge on any atom is -0.383 e. The first-order valence-corrected chi connectivity index (χ1v) is 20.9. The van der Waals surface area contributed by atoms with Gasteiger partial charge in [-0.05, 0) is 109 Å². The summed E-state index contributed by atoms with van der Waals surface area (Å²) in [7, 11) is 0. The third kappa shape index (κ3) is 9.89. The Hall–Kier alpha value is -4.80. The van der Waals surface area contributed by atoms with Crippen LogP contribution in [0.2, 0.25) is 20.1 Å². The summed E-state index contributed by atoms with van der Waals surface area (Å²) in [5.74, 6) is 0. The molecule has 0 aliphatic rings. The molecule has 12 heteroatoms. The van der Waals surface area contributed by atoms with Crippen molar-refractivity contribution < 1.29 is 0 Å². The molecule has 0 spiro atoms. The van der Waals surface area contributed by atoms with E-state index in [0.717, 1.165) is 120 Å². The standard InChI is InChI=1S/C46H42Cl4N8/c47-33-1-5-37-31(9-15-51-43(37)27-33)13-21-57(23-19-55-41-11-17-53-45-29-35(49)3-7-39(41)45)25-26-58(22-14-32-10-16-52-44-28-34(48)2-6-38(32)44)24-20-56-42-12-18-54-46-30-36(50)4-8-40(42)46/h1-12,15-18,27-30H,13-14,19-26H2,(H,53,55)(H,54,56). The van der Waals surface area contributed by atoms with Crippen LogP contribution in [0.15, 0.2) is 122 Å². The van der Waals surface area contributed by atoms with Gasteiger partial charge in [0.25, 0.3) is 0 Å². The lowest BCUT2D eigenvalue weighted by Crippen LogP contribution is -2.40. The van der Waals surface area contributed by atoms with Gasteiger partial charge in [-0.1, -0.05) is 58.5 Å². The van der Waals surface area contributed by atoms with Crippen molar-refractivity contribution in [3.8, 4) is 0 Å². The number of rotatable bonds is 17. The Labute approximate surface area is 358 Å². The lowest BCUT2D eigenvalue weighted by Gasteiger charge is -2.29. The fourth-order valence-electron chi connectivity index (χ4n) is 7.56. The number of hydrogen-bond donors (Lipinski definition) is 2. The average Bonchev–Trinajstić information content (AvgIpc) is 3.22. The maximum absolute atomic E-state index is 6.33. The van der Waals surface area contributed by atoms with Crippen molar-refractivity contribution in [2.45, 2.75) is 12.8 Å². The van der Waals surface area contributed by atoms with Gasteiger partial charge in [-0.3, -0.25) is 29.7 Å². The second-order valence-corrected chi connectivity index (χ2v) is 16.1. The van der Waals surface area contributed by atoms with Crippen molar-refractivity contribution in [3.63, 3.8) is 0 Å². The van der Waals surface area contributed by atoms with E-state index in [1.165, 1.54) is 11.1 Å². The molecule has 4 aromatic carbocycles. The predicted molar refractivity (Wildman–Crippen MR) is 244 cm³/mol. The van der Waals surface area contributed by atoms with Crippen LogP contribution in [-0.2, 0) is 12.8 Å². The van der Waals surface area contributed by atoms with E-state index in [1.54, 1.807) is 0 Å². The average molecular weight is 849 g/mol. The molecule has 4 aromatic heterocycles. The minimum atomic E-state index is 0.676. The number of halogens is 4. The van der Waals surface area contributed by atoms with Crippen molar-refractivity contribution in [2.75, 3.05) is 63.0 Å². The minimum absolute atomic E-state index is 0.676. The Bertz CT molecular complexity index is 2510. The lowest BCUT2D eigenvalue weighted by atomic mass is 10.1. The van der Waals surface area contributed by atoms with Crippen LogP contribution < -0.4 is 10.6 Å². The second kappa shape index (κ2) is 18.9. The van der Waals surface area contributed by atoms with Crippen molar-refractivity contribution in [3.05, 3.63) is 153 Å². The third-order valence-electron chi connectivity index (χ3n) is 10.6. The van der Waals surface area contributed by atoms with E-state index in [2.05, 4.69) is 64.6 Å². The molecule has 8 aromatic rings. The Morgan fingerprint density at radius 1 is 0.379 bits per heavy atom. The van der Waals surface area contributed by atoms with Gasteiger partial charge >= 0.3 is 0 Å². The van der Waals surface area contributed by atoms with Gasteiger partial charge in [0.15, 0.2) is 0 Å². The SMILES string of the molecule is Clc1ccc2c(CCN(CCNc3ccnc4cc(Cl)ccc34)CCN(CCNc3ccnc4cc(Cl)ccc34)CCc3ccnc4cc(Cl)ccc34)ccnc2c1.